The summed E-state index contributed by atoms with van der Waals surface area (Å²) in [7, 11) is 0. The van der Waals surface area contributed by atoms with Crippen LogP contribution < -0.4 is 5.32 Å². The molecule has 0 bridgehead atoms. The molecule has 0 radical (unpaired) electrons. The number of carbonyl (C=O) groups is 1. The summed E-state index contributed by atoms with van der Waals surface area (Å²) >= 11 is 1.60. The first-order valence-electron chi connectivity index (χ1n) is 7.89. The van der Waals surface area contributed by atoms with Gasteiger partial charge in [-0.25, -0.2) is 0 Å². The number of nitrogens with one attached hydrogen (secondary N) is 1. The number of hydrogen-bond donors (Lipinski definition) is 2. The maximum atomic E-state index is 12.0. The zero-order chi connectivity index (χ0) is 17.1. The van der Waals surface area contributed by atoms with Crippen LogP contribution in [0.5, 0.6) is 0 Å². The highest BCUT2D eigenvalue weighted by Crippen LogP contribution is 2.29. The summed E-state index contributed by atoms with van der Waals surface area (Å²) in [4.78, 5) is 12.0. The van der Waals surface area contributed by atoms with Gasteiger partial charge in [0.15, 0.2) is 0 Å². The van der Waals surface area contributed by atoms with Gasteiger partial charge in [0.2, 0.25) is 5.91 Å². The van der Waals surface area contributed by atoms with Gasteiger partial charge in [-0.3, -0.25) is 4.79 Å². The molecule has 1 amide bonds. The predicted octanol–water partition coefficient (Wildman–Crippen LogP) is 3.29. The Bertz CT molecular complexity index is 833. The zero-order valence-corrected chi connectivity index (χ0v) is 14.5. The zero-order valence-electron chi connectivity index (χ0n) is 13.7. The van der Waals surface area contributed by atoms with Gasteiger partial charge < -0.3 is 14.9 Å². The molecule has 1 aromatic carbocycles. The van der Waals surface area contributed by atoms with E-state index in [1.165, 1.54) is 0 Å². The number of benzene rings is 1. The van der Waals surface area contributed by atoms with E-state index in [2.05, 4.69) is 10.5 Å². The molecule has 0 aliphatic rings. The summed E-state index contributed by atoms with van der Waals surface area (Å²) < 4.78 is 6.23. The van der Waals surface area contributed by atoms with Crippen molar-refractivity contribution in [1.82, 2.24) is 10.5 Å². The maximum absolute atomic E-state index is 12.0. The van der Waals surface area contributed by atoms with Gasteiger partial charge in [-0.05, 0) is 37.1 Å². The third kappa shape index (κ3) is 3.49. The van der Waals surface area contributed by atoms with Crippen LogP contribution in [-0.4, -0.2) is 22.7 Å². The van der Waals surface area contributed by atoms with Crippen molar-refractivity contribution in [2.75, 3.05) is 6.54 Å². The molecule has 0 fully saturated rings. The molecular formula is C18H20N2O3S. The quantitative estimate of drug-likeness (QED) is 0.719. The Balaban J connectivity index is 1.54. The number of hydrogen-bond acceptors (Lipinski definition) is 5. The fourth-order valence-electron chi connectivity index (χ4n) is 2.76. The number of aryl methyl sites for hydroxylation is 2. The van der Waals surface area contributed by atoms with Gasteiger partial charge >= 0.3 is 0 Å². The lowest BCUT2D eigenvalue weighted by atomic mass is 10.1. The molecule has 6 heteroatoms. The normalized spacial score (nSPS) is 12.5. The number of carbonyl (C=O) groups excluding carboxylic acids is 1. The van der Waals surface area contributed by atoms with Crippen molar-refractivity contribution in [2.24, 2.45) is 0 Å². The molecule has 24 heavy (non-hydrogen) atoms. The molecule has 3 rings (SSSR count). The van der Waals surface area contributed by atoms with Crippen LogP contribution in [0.3, 0.4) is 0 Å². The van der Waals surface area contributed by atoms with Crippen molar-refractivity contribution in [3.63, 3.8) is 0 Å². The molecule has 0 spiro atoms. The molecule has 3 aromatic rings. The molecule has 1 atom stereocenters. The second-order valence-corrected chi connectivity index (χ2v) is 6.72. The van der Waals surface area contributed by atoms with Crippen LogP contribution >= 0.6 is 11.3 Å². The number of aromatic nitrogens is 1. The van der Waals surface area contributed by atoms with Crippen LogP contribution in [0.15, 0.2) is 34.2 Å². The van der Waals surface area contributed by atoms with Crippen LogP contribution in [-0.2, 0) is 11.2 Å². The molecule has 0 aliphatic heterocycles. The predicted molar refractivity (Wildman–Crippen MR) is 94.1 cm³/mol. The number of amides is 1. The lowest BCUT2D eigenvalue weighted by Crippen LogP contribution is -2.28. The topological polar surface area (TPSA) is 75.4 Å². The largest absolute Gasteiger partial charge is 0.387 e. The van der Waals surface area contributed by atoms with E-state index in [0.29, 0.717) is 12.8 Å². The van der Waals surface area contributed by atoms with Crippen molar-refractivity contribution >= 4 is 27.3 Å². The van der Waals surface area contributed by atoms with Gasteiger partial charge in [0.25, 0.3) is 0 Å². The molecular weight excluding hydrogens is 324 g/mol. The van der Waals surface area contributed by atoms with E-state index in [0.717, 1.165) is 32.7 Å². The fourth-order valence-corrected chi connectivity index (χ4v) is 3.77. The first kappa shape index (κ1) is 16.7. The number of aliphatic hydroxyl groups is 1. The van der Waals surface area contributed by atoms with Crippen molar-refractivity contribution in [1.29, 1.82) is 0 Å². The van der Waals surface area contributed by atoms with Crippen molar-refractivity contribution < 1.29 is 14.4 Å². The summed E-state index contributed by atoms with van der Waals surface area (Å²) in [6.45, 7) is 3.93. The Morgan fingerprint density at radius 3 is 2.92 bits per heavy atom. The first-order valence-corrected chi connectivity index (χ1v) is 8.77. The lowest BCUT2D eigenvalue weighted by Gasteiger charge is -2.11. The number of nitrogens with zero attached hydrogens (tertiary/aromatic N) is 1. The van der Waals surface area contributed by atoms with Crippen LogP contribution in [0.25, 0.3) is 10.1 Å². The Morgan fingerprint density at radius 2 is 2.17 bits per heavy atom. The highest BCUT2D eigenvalue weighted by molar-refractivity contribution is 7.17. The van der Waals surface area contributed by atoms with Crippen LogP contribution in [0.2, 0.25) is 0 Å². The molecule has 2 aromatic heterocycles. The highest BCUT2D eigenvalue weighted by Gasteiger charge is 2.15. The molecule has 0 unspecified atom stereocenters. The van der Waals surface area contributed by atoms with E-state index in [9.17, 15) is 9.90 Å². The lowest BCUT2D eigenvalue weighted by molar-refractivity contribution is -0.121. The Hall–Kier alpha value is -2.18. The SMILES string of the molecule is Cc1noc(C)c1CCC(=O)NC[C@H](O)c1csc2ccccc12. The minimum Gasteiger partial charge on any atom is -0.387 e. The molecule has 126 valence electrons. The summed E-state index contributed by atoms with van der Waals surface area (Å²) in [6, 6.07) is 7.95. The maximum Gasteiger partial charge on any atom is 0.220 e. The second kappa shape index (κ2) is 7.15. The van der Waals surface area contributed by atoms with Gasteiger partial charge in [0.05, 0.1) is 11.8 Å². The van der Waals surface area contributed by atoms with Crippen LogP contribution in [0, 0.1) is 13.8 Å². The van der Waals surface area contributed by atoms with E-state index < -0.39 is 6.10 Å². The summed E-state index contributed by atoms with van der Waals surface area (Å²) in [6.07, 6.45) is 0.231. The van der Waals surface area contributed by atoms with Crippen molar-refractivity contribution in [2.45, 2.75) is 32.8 Å². The standard InChI is InChI=1S/C18H20N2O3S/c1-11-13(12(2)23-20-11)7-8-18(22)19-9-16(21)15-10-24-17-6-4-3-5-14(15)17/h3-6,10,16,21H,7-9H2,1-2H3,(H,19,22)/t16-/m0/s1. The van der Waals surface area contributed by atoms with Gasteiger partial charge in [-0.2, -0.15) is 0 Å². The molecule has 0 aliphatic carbocycles. The molecule has 2 heterocycles. The van der Waals surface area contributed by atoms with Crippen LogP contribution in [0.4, 0.5) is 0 Å². The van der Waals surface area contributed by atoms with Crippen molar-refractivity contribution in [3.05, 3.63) is 52.2 Å². The third-order valence-corrected chi connectivity index (χ3v) is 5.13. The molecule has 0 saturated heterocycles. The number of rotatable bonds is 6. The Labute approximate surface area is 144 Å². The highest BCUT2D eigenvalue weighted by atomic mass is 32.1. The molecule has 5 nitrogen and oxygen atoms in total. The summed E-state index contributed by atoms with van der Waals surface area (Å²) in [5.74, 6) is 0.665. The van der Waals surface area contributed by atoms with E-state index in [4.69, 9.17) is 4.52 Å². The second-order valence-electron chi connectivity index (χ2n) is 5.81. The van der Waals surface area contributed by atoms with E-state index in [-0.39, 0.29) is 12.5 Å². The van der Waals surface area contributed by atoms with E-state index in [1.807, 2.05) is 43.5 Å². The number of aliphatic hydroxyl groups excluding tert-OH is 1. The van der Waals surface area contributed by atoms with Gasteiger partial charge in [-0.15, -0.1) is 11.3 Å². The monoisotopic (exact) mass is 344 g/mol. The smallest absolute Gasteiger partial charge is 0.220 e. The Kier molecular flexibility index (Phi) is 4.97. The van der Waals surface area contributed by atoms with E-state index in [1.54, 1.807) is 11.3 Å². The number of fused-ring (bicyclic) bond motifs is 1. The van der Waals surface area contributed by atoms with Gasteiger partial charge in [-0.1, -0.05) is 23.4 Å². The van der Waals surface area contributed by atoms with E-state index >= 15 is 0 Å². The summed E-state index contributed by atoms with van der Waals surface area (Å²) in [5.41, 5.74) is 2.67. The fraction of sp³-hybridized carbons (Fsp3) is 0.333. The average molecular weight is 344 g/mol. The first-order chi connectivity index (χ1) is 11.6. The number of thiophene rings is 1. The minimum absolute atomic E-state index is 0.0893. The third-order valence-electron chi connectivity index (χ3n) is 4.15. The Morgan fingerprint density at radius 1 is 1.38 bits per heavy atom. The molecule has 0 saturated carbocycles. The van der Waals surface area contributed by atoms with Gasteiger partial charge in [0, 0.05) is 28.8 Å². The average Bonchev–Trinajstić information content (AvgIpc) is 3.15. The van der Waals surface area contributed by atoms with Gasteiger partial charge in [0.1, 0.15) is 5.76 Å². The van der Waals surface area contributed by atoms with Crippen molar-refractivity contribution in [3.8, 4) is 0 Å². The van der Waals surface area contributed by atoms with Crippen LogP contribution in [0.1, 0.15) is 35.1 Å². The summed E-state index contributed by atoms with van der Waals surface area (Å²) in [5, 5.41) is 20.0. The molecule has 2 N–H and O–H groups in total. The minimum atomic E-state index is -0.704.